The Hall–Kier alpha value is -3.98. The first-order chi connectivity index (χ1) is 27.3. The van der Waals surface area contributed by atoms with Gasteiger partial charge in [-0.15, -0.1) is 0 Å². The molecule has 0 fully saturated rings. The summed E-state index contributed by atoms with van der Waals surface area (Å²) in [6.07, 6.45) is 51.8. The van der Waals surface area contributed by atoms with Crippen molar-refractivity contribution in [1.29, 1.82) is 0 Å². The molecule has 9 nitrogen and oxygen atoms in total. The average molecular weight is 781 g/mol. The second-order valence-electron chi connectivity index (χ2n) is 14.0. The van der Waals surface area contributed by atoms with Gasteiger partial charge in [0.25, 0.3) is 0 Å². The van der Waals surface area contributed by atoms with E-state index in [1.165, 1.54) is 12.8 Å². The fraction of sp³-hybridized carbons (Fsp3) is 0.617. The van der Waals surface area contributed by atoms with Crippen molar-refractivity contribution in [3.63, 3.8) is 0 Å². The number of unbranched alkanes of at least 4 members (excludes halogenated alkanes) is 9. The zero-order chi connectivity index (χ0) is 41.2. The van der Waals surface area contributed by atoms with Gasteiger partial charge in [-0.25, -0.2) is 4.79 Å². The third-order valence-electron chi connectivity index (χ3n) is 8.90. The maximum absolute atomic E-state index is 12.8. The first-order valence-corrected chi connectivity index (χ1v) is 21.5. The molecule has 0 aliphatic rings. The number of allylic oxidation sites excluding steroid dienone is 14. The maximum Gasteiger partial charge on any atom is 0.328 e. The van der Waals surface area contributed by atoms with Crippen LogP contribution >= 0.6 is 0 Å². The number of aliphatic hydroxyl groups is 1. The fourth-order valence-electron chi connectivity index (χ4n) is 5.66. The maximum atomic E-state index is 12.8. The van der Waals surface area contributed by atoms with Gasteiger partial charge in [0.15, 0.2) is 0 Å². The molecule has 0 radical (unpaired) electrons. The molecule has 4 N–H and O–H groups in total. The molecule has 0 aromatic carbocycles. The summed E-state index contributed by atoms with van der Waals surface area (Å²) in [5.41, 5.74) is 0. The molecular weight excluding hydrogens is 705 g/mol. The lowest BCUT2D eigenvalue weighted by Gasteiger charge is -2.17. The van der Waals surface area contributed by atoms with Crippen LogP contribution in [-0.2, 0) is 23.9 Å². The fourth-order valence-corrected chi connectivity index (χ4v) is 5.66. The number of carbonyl (C=O) groups is 4. The van der Waals surface area contributed by atoms with Crippen LogP contribution in [0.15, 0.2) is 85.1 Å². The van der Waals surface area contributed by atoms with Gasteiger partial charge >= 0.3 is 11.9 Å². The smallest absolute Gasteiger partial charge is 0.328 e. The van der Waals surface area contributed by atoms with Gasteiger partial charge in [0.1, 0.15) is 12.1 Å². The van der Waals surface area contributed by atoms with Gasteiger partial charge < -0.3 is 25.6 Å². The van der Waals surface area contributed by atoms with Crippen LogP contribution in [-0.4, -0.2) is 59.3 Å². The van der Waals surface area contributed by atoms with Crippen molar-refractivity contribution in [3.05, 3.63) is 85.1 Å². The highest BCUT2D eigenvalue weighted by Gasteiger charge is 2.19. The molecule has 0 saturated heterocycles. The predicted molar refractivity (Wildman–Crippen MR) is 231 cm³/mol. The topological polar surface area (TPSA) is 142 Å². The third-order valence-corrected chi connectivity index (χ3v) is 8.90. The van der Waals surface area contributed by atoms with Gasteiger partial charge in [0, 0.05) is 12.8 Å². The molecule has 0 heterocycles. The summed E-state index contributed by atoms with van der Waals surface area (Å²) >= 11 is 0. The number of carboxylic acids is 1. The van der Waals surface area contributed by atoms with Crippen LogP contribution < -0.4 is 10.6 Å². The summed E-state index contributed by atoms with van der Waals surface area (Å²) in [5.74, 6) is -2.38. The highest BCUT2D eigenvalue weighted by molar-refractivity contribution is 5.87. The molecule has 0 rings (SSSR count). The van der Waals surface area contributed by atoms with Gasteiger partial charge in [-0.2, -0.15) is 0 Å². The van der Waals surface area contributed by atoms with Crippen LogP contribution in [0.25, 0.3) is 0 Å². The van der Waals surface area contributed by atoms with E-state index in [1.54, 1.807) is 0 Å². The van der Waals surface area contributed by atoms with E-state index < -0.39 is 24.5 Å². The Balaban J connectivity index is 4.48. The zero-order valence-electron chi connectivity index (χ0n) is 34.9. The molecule has 2 unspecified atom stereocenters. The molecule has 2 amide bonds. The van der Waals surface area contributed by atoms with E-state index in [0.29, 0.717) is 12.8 Å². The lowest BCUT2D eigenvalue weighted by Crippen LogP contribution is -2.47. The minimum atomic E-state index is -1.39. The van der Waals surface area contributed by atoms with E-state index in [9.17, 15) is 19.2 Å². The van der Waals surface area contributed by atoms with Crippen LogP contribution in [0.2, 0.25) is 0 Å². The quantitative estimate of drug-likeness (QED) is 0.0279. The number of rotatable bonds is 37. The molecule has 56 heavy (non-hydrogen) atoms. The lowest BCUT2D eigenvalue weighted by atomic mass is 10.0. The Bertz CT molecular complexity index is 1210. The second kappa shape index (κ2) is 40.7. The SMILES string of the molecule is CC/C=C\C/C=C\C/C=C\C/C=C\CCC(CCCCCCCC(=O)NCC(=O)NC(CO)C(=O)O)OC(=O)CCCCCCC/C=C\C/C=C\C/C=C\CC. The van der Waals surface area contributed by atoms with Crippen LogP contribution in [0.1, 0.15) is 162 Å². The summed E-state index contributed by atoms with van der Waals surface area (Å²) in [6, 6.07) is -1.39. The van der Waals surface area contributed by atoms with Crippen molar-refractivity contribution in [3.8, 4) is 0 Å². The zero-order valence-corrected chi connectivity index (χ0v) is 34.9. The van der Waals surface area contributed by atoms with E-state index in [-0.39, 0.29) is 30.9 Å². The molecule has 9 heteroatoms. The number of amides is 2. The van der Waals surface area contributed by atoms with E-state index in [1.807, 2.05) is 0 Å². The number of aliphatic carboxylic acids is 1. The van der Waals surface area contributed by atoms with Gasteiger partial charge in [-0.1, -0.05) is 137 Å². The Morgan fingerprint density at radius 3 is 1.54 bits per heavy atom. The molecule has 0 aromatic heterocycles. The molecule has 0 aliphatic heterocycles. The van der Waals surface area contributed by atoms with Crippen molar-refractivity contribution in [2.45, 2.75) is 174 Å². The van der Waals surface area contributed by atoms with Gasteiger partial charge in [0.05, 0.1) is 13.2 Å². The summed E-state index contributed by atoms with van der Waals surface area (Å²) in [6.45, 7) is 3.23. The molecule has 0 aliphatic carbocycles. The summed E-state index contributed by atoms with van der Waals surface area (Å²) < 4.78 is 5.98. The Morgan fingerprint density at radius 2 is 1.00 bits per heavy atom. The first kappa shape index (κ1) is 52.0. The molecule has 316 valence electrons. The van der Waals surface area contributed by atoms with E-state index in [4.69, 9.17) is 14.9 Å². The van der Waals surface area contributed by atoms with E-state index in [0.717, 1.165) is 116 Å². The number of esters is 1. The second-order valence-corrected chi connectivity index (χ2v) is 14.0. The molecular formula is C47H76N2O7. The molecule has 0 bridgehead atoms. The van der Waals surface area contributed by atoms with E-state index >= 15 is 0 Å². The van der Waals surface area contributed by atoms with Crippen molar-refractivity contribution < 1.29 is 34.1 Å². The number of carboxylic acid groups (broad SMARTS) is 1. The summed E-state index contributed by atoms with van der Waals surface area (Å²) in [4.78, 5) is 47.6. The minimum Gasteiger partial charge on any atom is -0.480 e. The number of nitrogens with one attached hydrogen (secondary N) is 2. The molecule has 0 saturated carbocycles. The number of aliphatic hydroxyl groups excluding tert-OH is 1. The monoisotopic (exact) mass is 781 g/mol. The summed E-state index contributed by atoms with van der Waals surface area (Å²) in [5, 5.41) is 22.5. The minimum absolute atomic E-state index is 0.101. The predicted octanol–water partition coefficient (Wildman–Crippen LogP) is 10.5. The third kappa shape index (κ3) is 37.0. The number of hydrogen-bond acceptors (Lipinski definition) is 6. The van der Waals surface area contributed by atoms with Crippen LogP contribution in [0.4, 0.5) is 0 Å². The van der Waals surface area contributed by atoms with Gasteiger partial charge in [-0.3, -0.25) is 14.4 Å². The standard InChI is InChI=1S/C47H76N2O7/c1-3-5-7-9-11-13-15-17-18-20-22-24-26-31-35-39-46(53)56-42(36-32-28-25-23-21-19-16-14-12-10-8-6-4-2)37-33-29-27-30-34-38-44(51)48-40-45(52)49-43(41-50)47(54)55/h5-8,11-14,17-19,21,25,28,42-43,50H,3-4,9-10,15-16,20,22-24,26-27,29-41H2,1-2H3,(H,48,51)(H,49,52)(H,54,55)/b7-5-,8-6-,13-11-,14-12-,18-17-,21-19-,28-25-. The van der Waals surface area contributed by atoms with Gasteiger partial charge in [0.2, 0.25) is 11.8 Å². The van der Waals surface area contributed by atoms with Crippen molar-refractivity contribution in [2.24, 2.45) is 0 Å². The molecule has 0 aromatic rings. The highest BCUT2D eigenvalue weighted by atomic mass is 16.5. The Morgan fingerprint density at radius 1 is 0.536 bits per heavy atom. The normalized spacial score (nSPS) is 13.3. The largest absolute Gasteiger partial charge is 0.480 e. The molecule has 0 spiro atoms. The van der Waals surface area contributed by atoms with Crippen molar-refractivity contribution in [2.75, 3.05) is 13.2 Å². The van der Waals surface area contributed by atoms with E-state index in [2.05, 4.69) is 110 Å². The highest BCUT2D eigenvalue weighted by Crippen LogP contribution is 2.17. The lowest BCUT2D eigenvalue weighted by molar-refractivity contribution is -0.150. The Labute approximate surface area is 339 Å². The average Bonchev–Trinajstić information content (AvgIpc) is 3.18. The van der Waals surface area contributed by atoms with Crippen molar-refractivity contribution >= 4 is 23.8 Å². The first-order valence-electron chi connectivity index (χ1n) is 21.5. The number of carbonyl (C=O) groups excluding carboxylic acids is 3. The van der Waals surface area contributed by atoms with Crippen LogP contribution in [0.5, 0.6) is 0 Å². The number of hydrogen-bond donors (Lipinski definition) is 4. The van der Waals surface area contributed by atoms with Crippen LogP contribution in [0.3, 0.4) is 0 Å². The Kier molecular flexibility index (Phi) is 37.8. The van der Waals surface area contributed by atoms with Crippen LogP contribution in [0, 0.1) is 0 Å². The number of ether oxygens (including phenoxy) is 1. The van der Waals surface area contributed by atoms with Gasteiger partial charge in [-0.05, 0) is 96.3 Å². The molecule has 2 atom stereocenters. The van der Waals surface area contributed by atoms with Crippen molar-refractivity contribution in [1.82, 2.24) is 10.6 Å². The summed E-state index contributed by atoms with van der Waals surface area (Å²) in [7, 11) is 0.